The molecule has 0 spiro atoms. The van der Waals surface area contributed by atoms with Crippen LogP contribution in [0, 0.1) is 0 Å². The quantitative estimate of drug-likeness (QED) is 0.691. The molecular formula is C12H19N5O2S. The van der Waals surface area contributed by atoms with E-state index in [1.807, 2.05) is 18.5 Å². The van der Waals surface area contributed by atoms with Gasteiger partial charge in [0.2, 0.25) is 10.0 Å². The smallest absolute Gasteiger partial charge is 0.242 e. The summed E-state index contributed by atoms with van der Waals surface area (Å²) in [5.74, 6) is 0. The van der Waals surface area contributed by atoms with Gasteiger partial charge >= 0.3 is 0 Å². The SMILES string of the molecule is CCn1cc(S(=O)(=O)NCc2cnc[nH]2)cc1CNC. The predicted molar refractivity (Wildman–Crippen MR) is 75.5 cm³/mol. The predicted octanol–water partition coefficient (Wildman–Crippen LogP) is 0.429. The second-order valence-electron chi connectivity index (χ2n) is 4.38. The van der Waals surface area contributed by atoms with Crippen molar-refractivity contribution in [3.8, 4) is 0 Å². The molecule has 2 aromatic heterocycles. The van der Waals surface area contributed by atoms with Crippen molar-refractivity contribution >= 4 is 10.0 Å². The van der Waals surface area contributed by atoms with E-state index in [0.717, 1.165) is 17.9 Å². The summed E-state index contributed by atoms with van der Waals surface area (Å²) in [5.41, 5.74) is 1.66. The van der Waals surface area contributed by atoms with Crippen molar-refractivity contribution in [3.63, 3.8) is 0 Å². The molecule has 2 rings (SSSR count). The molecule has 8 heteroatoms. The van der Waals surface area contributed by atoms with Crippen molar-refractivity contribution in [1.29, 1.82) is 0 Å². The topological polar surface area (TPSA) is 91.8 Å². The maximum Gasteiger partial charge on any atom is 0.242 e. The highest BCUT2D eigenvalue weighted by atomic mass is 32.2. The summed E-state index contributed by atoms with van der Waals surface area (Å²) in [6.07, 6.45) is 4.76. The lowest BCUT2D eigenvalue weighted by atomic mass is 10.4. The minimum Gasteiger partial charge on any atom is -0.349 e. The molecular weight excluding hydrogens is 278 g/mol. The van der Waals surface area contributed by atoms with Crippen LogP contribution in [-0.2, 0) is 29.7 Å². The lowest BCUT2D eigenvalue weighted by Crippen LogP contribution is -2.23. The molecule has 0 fully saturated rings. The van der Waals surface area contributed by atoms with Crippen molar-refractivity contribution in [2.45, 2.75) is 31.5 Å². The fourth-order valence-corrected chi connectivity index (χ4v) is 3.00. The Morgan fingerprint density at radius 2 is 2.20 bits per heavy atom. The Balaban J connectivity index is 2.16. The highest BCUT2D eigenvalue weighted by molar-refractivity contribution is 7.89. The Morgan fingerprint density at radius 1 is 1.40 bits per heavy atom. The molecule has 0 aromatic carbocycles. The number of imidazole rings is 1. The van der Waals surface area contributed by atoms with Crippen LogP contribution >= 0.6 is 0 Å². The molecule has 0 aliphatic rings. The lowest BCUT2D eigenvalue weighted by Gasteiger charge is -2.04. The Morgan fingerprint density at radius 3 is 2.80 bits per heavy atom. The number of sulfonamides is 1. The first-order valence-electron chi connectivity index (χ1n) is 6.37. The molecule has 7 nitrogen and oxygen atoms in total. The molecule has 0 bridgehead atoms. The summed E-state index contributed by atoms with van der Waals surface area (Å²) in [7, 11) is -1.68. The molecule has 0 aliphatic carbocycles. The number of H-pyrrole nitrogens is 1. The molecule has 0 amide bonds. The van der Waals surface area contributed by atoms with Crippen molar-refractivity contribution in [1.82, 2.24) is 24.6 Å². The maximum atomic E-state index is 12.2. The van der Waals surface area contributed by atoms with E-state index in [0.29, 0.717) is 6.54 Å². The van der Waals surface area contributed by atoms with Gasteiger partial charge in [-0.25, -0.2) is 18.1 Å². The van der Waals surface area contributed by atoms with Crippen LogP contribution in [0.1, 0.15) is 18.3 Å². The number of hydrogen-bond donors (Lipinski definition) is 3. The van der Waals surface area contributed by atoms with E-state index >= 15 is 0 Å². The average molecular weight is 297 g/mol. The number of nitrogens with one attached hydrogen (secondary N) is 3. The van der Waals surface area contributed by atoms with Crippen LogP contribution in [0.3, 0.4) is 0 Å². The minimum absolute atomic E-state index is 0.195. The van der Waals surface area contributed by atoms with Gasteiger partial charge in [0.1, 0.15) is 0 Å². The van der Waals surface area contributed by atoms with E-state index in [2.05, 4.69) is 20.0 Å². The highest BCUT2D eigenvalue weighted by Gasteiger charge is 2.17. The van der Waals surface area contributed by atoms with E-state index in [1.54, 1.807) is 18.5 Å². The Bertz CT molecular complexity index is 645. The summed E-state index contributed by atoms with van der Waals surface area (Å²) >= 11 is 0. The molecule has 0 unspecified atom stereocenters. The van der Waals surface area contributed by atoms with Gasteiger partial charge in [0.15, 0.2) is 0 Å². The number of rotatable bonds is 7. The highest BCUT2D eigenvalue weighted by Crippen LogP contribution is 2.15. The van der Waals surface area contributed by atoms with Crippen LogP contribution in [0.5, 0.6) is 0 Å². The lowest BCUT2D eigenvalue weighted by molar-refractivity contribution is 0.580. The Kier molecular flexibility index (Phi) is 4.58. The zero-order chi connectivity index (χ0) is 14.6. The number of aryl methyl sites for hydroxylation is 1. The monoisotopic (exact) mass is 297 g/mol. The number of hydrogen-bond acceptors (Lipinski definition) is 4. The van der Waals surface area contributed by atoms with Gasteiger partial charge in [-0.2, -0.15) is 0 Å². The largest absolute Gasteiger partial charge is 0.349 e. The van der Waals surface area contributed by atoms with E-state index in [-0.39, 0.29) is 11.4 Å². The zero-order valence-electron chi connectivity index (χ0n) is 11.5. The first-order chi connectivity index (χ1) is 9.56. The minimum atomic E-state index is -3.51. The third-order valence-corrected chi connectivity index (χ3v) is 4.35. The molecule has 2 aromatic rings. The Labute approximate surface area is 118 Å². The summed E-state index contributed by atoms with van der Waals surface area (Å²) in [5, 5.41) is 3.03. The van der Waals surface area contributed by atoms with Gasteiger partial charge in [-0.1, -0.05) is 0 Å². The van der Waals surface area contributed by atoms with Crippen LogP contribution in [0.4, 0.5) is 0 Å². The van der Waals surface area contributed by atoms with Gasteiger partial charge in [-0.05, 0) is 20.0 Å². The average Bonchev–Trinajstić information content (AvgIpc) is 3.06. The first kappa shape index (κ1) is 14.8. The maximum absolute atomic E-state index is 12.2. The van der Waals surface area contributed by atoms with Crippen LogP contribution in [0.2, 0.25) is 0 Å². The molecule has 0 aliphatic heterocycles. The van der Waals surface area contributed by atoms with Crippen LogP contribution < -0.4 is 10.0 Å². The van der Waals surface area contributed by atoms with Gasteiger partial charge < -0.3 is 14.9 Å². The van der Waals surface area contributed by atoms with E-state index < -0.39 is 10.0 Å². The molecule has 0 atom stereocenters. The molecule has 110 valence electrons. The molecule has 0 saturated heterocycles. The third-order valence-electron chi connectivity index (χ3n) is 2.98. The Hall–Kier alpha value is -1.64. The standard InChI is InChI=1S/C12H19N5O2S/c1-3-17-8-12(4-11(17)7-13-2)20(18,19)16-6-10-5-14-9-15-10/h4-5,8-9,13,16H,3,6-7H2,1-2H3,(H,14,15). The fraction of sp³-hybridized carbons (Fsp3) is 0.417. The van der Waals surface area contributed by atoms with Crippen molar-refractivity contribution in [2.75, 3.05) is 7.05 Å². The van der Waals surface area contributed by atoms with Gasteiger partial charge in [0, 0.05) is 36.9 Å². The second-order valence-corrected chi connectivity index (χ2v) is 6.15. The molecule has 3 N–H and O–H groups in total. The van der Waals surface area contributed by atoms with Crippen molar-refractivity contribution in [2.24, 2.45) is 0 Å². The van der Waals surface area contributed by atoms with Crippen molar-refractivity contribution < 1.29 is 8.42 Å². The summed E-state index contributed by atoms with van der Waals surface area (Å²) in [6.45, 7) is 3.53. The van der Waals surface area contributed by atoms with Gasteiger partial charge in [0.05, 0.1) is 17.8 Å². The summed E-state index contributed by atoms with van der Waals surface area (Å²) < 4.78 is 28.9. The van der Waals surface area contributed by atoms with Gasteiger partial charge in [-0.15, -0.1) is 0 Å². The fourth-order valence-electron chi connectivity index (χ4n) is 1.93. The summed E-state index contributed by atoms with van der Waals surface area (Å²) in [4.78, 5) is 6.99. The van der Waals surface area contributed by atoms with E-state index in [9.17, 15) is 8.42 Å². The van der Waals surface area contributed by atoms with E-state index in [1.165, 1.54) is 6.33 Å². The summed E-state index contributed by atoms with van der Waals surface area (Å²) in [6, 6.07) is 1.69. The molecule has 20 heavy (non-hydrogen) atoms. The number of nitrogens with zero attached hydrogens (tertiary/aromatic N) is 2. The first-order valence-corrected chi connectivity index (χ1v) is 7.85. The number of aromatic amines is 1. The van der Waals surface area contributed by atoms with Gasteiger partial charge in [-0.3, -0.25) is 0 Å². The second kappa shape index (κ2) is 6.21. The van der Waals surface area contributed by atoms with E-state index in [4.69, 9.17) is 0 Å². The van der Waals surface area contributed by atoms with Crippen LogP contribution in [0.25, 0.3) is 0 Å². The number of aromatic nitrogens is 3. The molecule has 0 saturated carbocycles. The molecule has 2 heterocycles. The van der Waals surface area contributed by atoms with Gasteiger partial charge in [0.25, 0.3) is 0 Å². The third kappa shape index (κ3) is 3.27. The van der Waals surface area contributed by atoms with Crippen LogP contribution in [-0.4, -0.2) is 30.0 Å². The van der Waals surface area contributed by atoms with Crippen molar-refractivity contribution in [3.05, 3.63) is 36.2 Å². The normalized spacial score (nSPS) is 11.9. The zero-order valence-corrected chi connectivity index (χ0v) is 12.4. The molecule has 0 radical (unpaired) electrons. The van der Waals surface area contributed by atoms with Crippen LogP contribution in [0.15, 0.2) is 29.7 Å².